The van der Waals surface area contributed by atoms with Gasteiger partial charge in [0, 0.05) is 11.6 Å². The highest BCUT2D eigenvalue weighted by Gasteiger charge is 2.47. The van der Waals surface area contributed by atoms with Gasteiger partial charge in [-0.05, 0) is 35.7 Å². The summed E-state index contributed by atoms with van der Waals surface area (Å²) in [4.78, 5) is 40.1. The second-order valence-corrected chi connectivity index (χ2v) is 9.27. The summed E-state index contributed by atoms with van der Waals surface area (Å²) in [6, 6.07) is 25.1. The van der Waals surface area contributed by atoms with Gasteiger partial charge in [-0.15, -0.1) is 0 Å². The van der Waals surface area contributed by atoms with Crippen LogP contribution in [0.4, 0.5) is 10.5 Å². The average molecular weight is 486 g/mol. The van der Waals surface area contributed by atoms with E-state index in [9.17, 15) is 14.4 Å². The maximum atomic E-state index is 13.6. The van der Waals surface area contributed by atoms with Crippen molar-refractivity contribution in [3.8, 4) is 0 Å². The van der Waals surface area contributed by atoms with Crippen LogP contribution >= 0.6 is 0 Å². The molecule has 1 saturated heterocycles. The minimum absolute atomic E-state index is 0.0868. The number of carbonyl (C=O) groups excluding carboxylic acids is 3. The molecule has 0 saturated carbocycles. The lowest BCUT2D eigenvalue weighted by Crippen LogP contribution is -2.46. The Hall–Kier alpha value is -4.13. The number of nitrogens with one attached hydrogen (secondary N) is 2. The maximum Gasteiger partial charge on any atom is 0.411 e. The predicted molar refractivity (Wildman–Crippen MR) is 138 cm³/mol. The number of carbonyl (C=O) groups is 3. The smallest absolute Gasteiger partial charge is 0.411 e. The molecule has 0 bridgehead atoms. The largest absolute Gasteiger partial charge is 0.438 e. The van der Waals surface area contributed by atoms with Crippen LogP contribution in [0, 0.1) is 5.92 Å². The maximum absolute atomic E-state index is 13.6. The van der Waals surface area contributed by atoms with E-state index in [4.69, 9.17) is 4.74 Å². The number of hydrogen-bond acceptors (Lipinski definition) is 4. The van der Waals surface area contributed by atoms with Crippen molar-refractivity contribution >= 4 is 23.6 Å². The SMILES string of the molecule is CC(C)C(=O)Nc1ccc(C2OC(=O)N(Cc3ccccc3)C2C(=O)NC(C)c2ccccc2)cc1. The summed E-state index contributed by atoms with van der Waals surface area (Å²) in [5.41, 5.74) is 3.18. The third-order valence-corrected chi connectivity index (χ3v) is 6.24. The van der Waals surface area contributed by atoms with Crippen LogP contribution in [0.15, 0.2) is 84.9 Å². The number of cyclic esters (lactones) is 1. The number of anilines is 1. The Labute approximate surface area is 211 Å². The second-order valence-electron chi connectivity index (χ2n) is 9.27. The van der Waals surface area contributed by atoms with Gasteiger partial charge in [0.05, 0.1) is 12.6 Å². The molecule has 36 heavy (non-hydrogen) atoms. The molecule has 3 amide bonds. The zero-order chi connectivity index (χ0) is 25.7. The summed E-state index contributed by atoms with van der Waals surface area (Å²) in [6.45, 7) is 5.80. The topological polar surface area (TPSA) is 87.7 Å². The van der Waals surface area contributed by atoms with Gasteiger partial charge in [-0.25, -0.2) is 4.79 Å². The van der Waals surface area contributed by atoms with Crippen molar-refractivity contribution in [1.82, 2.24) is 10.2 Å². The van der Waals surface area contributed by atoms with E-state index >= 15 is 0 Å². The summed E-state index contributed by atoms with van der Waals surface area (Å²) in [6.07, 6.45) is -1.34. The Balaban J connectivity index is 1.60. The van der Waals surface area contributed by atoms with E-state index in [1.54, 1.807) is 24.3 Å². The quantitative estimate of drug-likeness (QED) is 0.458. The van der Waals surface area contributed by atoms with Gasteiger partial charge in [-0.1, -0.05) is 86.6 Å². The number of amides is 3. The molecule has 4 rings (SSSR count). The molecule has 0 aliphatic carbocycles. The second kappa shape index (κ2) is 11.1. The van der Waals surface area contributed by atoms with E-state index in [2.05, 4.69) is 10.6 Å². The van der Waals surface area contributed by atoms with Crippen molar-refractivity contribution in [3.05, 3.63) is 102 Å². The molecule has 1 fully saturated rings. The number of nitrogens with zero attached hydrogens (tertiary/aromatic N) is 1. The Bertz CT molecular complexity index is 1200. The molecular weight excluding hydrogens is 454 g/mol. The molecule has 3 aromatic rings. The fraction of sp³-hybridized carbons (Fsp3) is 0.276. The molecule has 1 aliphatic rings. The van der Waals surface area contributed by atoms with Crippen LogP contribution in [0.5, 0.6) is 0 Å². The minimum Gasteiger partial charge on any atom is -0.438 e. The normalized spacial score (nSPS) is 18.0. The van der Waals surface area contributed by atoms with Crippen LogP contribution in [0.3, 0.4) is 0 Å². The van der Waals surface area contributed by atoms with E-state index in [1.807, 2.05) is 81.4 Å². The van der Waals surface area contributed by atoms with Crippen molar-refractivity contribution in [3.63, 3.8) is 0 Å². The van der Waals surface area contributed by atoms with Crippen LogP contribution in [0.2, 0.25) is 0 Å². The van der Waals surface area contributed by atoms with Crippen molar-refractivity contribution in [2.45, 2.75) is 45.5 Å². The predicted octanol–water partition coefficient (Wildman–Crippen LogP) is 5.22. The van der Waals surface area contributed by atoms with Crippen molar-refractivity contribution in [1.29, 1.82) is 0 Å². The minimum atomic E-state index is -0.861. The Morgan fingerprint density at radius 1 is 0.889 bits per heavy atom. The van der Waals surface area contributed by atoms with Crippen LogP contribution < -0.4 is 10.6 Å². The van der Waals surface area contributed by atoms with Gasteiger partial charge in [0.15, 0.2) is 12.1 Å². The number of rotatable bonds is 8. The first kappa shape index (κ1) is 25.0. The van der Waals surface area contributed by atoms with Crippen molar-refractivity contribution in [2.75, 3.05) is 5.32 Å². The third kappa shape index (κ3) is 5.74. The van der Waals surface area contributed by atoms with Gasteiger partial charge in [0.2, 0.25) is 11.8 Å². The first-order valence-electron chi connectivity index (χ1n) is 12.1. The monoisotopic (exact) mass is 485 g/mol. The zero-order valence-corrected chi connectivity index (χ0v) is 20.7. The molecule has 1 heterocycles. The van der Waals surface area contributed by atoms with Crippen LogP contribution in [-0.4, -0.2) is 28.8 Å². The lowest BCUT2D eigenvalue weighted by Gasteiger charge is -2.26. The summed E-state index contributed by atoms with van der Waals surface area (Å²) in [5.74, 6) is -0.529. The van der Waals surface area contributed by atoms with Crippen molar-refractivity contribution in [2.24, 2.45) is 5.92 Å². The molecule has 7 heteroatoms. The Kier molecular flexibility index (Phi) is 7.68. The molecule has 0 aromatic heterocycles. The van der Waals surface area contributed by atoms with Gasteiger partial charge < -0.3 is 15.4 Å². The Morgan fingerprint density at radius 2 is 1.50 bits per heavy atom. The van der Waals surface area contributed by atoms with Crippen LogP contribution in [0.25, 0.3) is 0 Å². The fourth-order valence-electron chi connectivity index (χ4n) is 4.16. The number of ether oxygens (including phenoxy) is 1. The van der Waals surface area contributed by atoms with Crippen molar-refractivity contribution < 1.29 is 19.1 Å². The molecule has 3 unspecified atom stereocenters. The number of hydrogen-bond donors (Lipinski definition) is 2. The number of benzene rings is 3. The summed E-state index contributed by atoms with van der Waals surface area (Å²) >= 11 is 0. The Morgan fingerprint density at radius 3 is 2.11 bits per heavy atom. The highest BCUT2D eigenvalue weighted by molar-refractivity contribution is 5.92. The van der Waals surface area contributed by atoms with Crippen LogP contribution in [-0.2, 0) is 20.9 Å². The lowest BCUT2D eigenvalue weighted by atomic mass is 9.99. The third-order valence-electron chi connectivity index (χ3n) is 6.24. The van der Waals surface area contributed by atoms with Gasteiger partial charge >= 0.3 is 6.09 Å². The highest BCUT2D eigenvalue weighted by Crippen LogP contribution is 2.35. The zero-order valence-electron chi connectivity index (χ0n) is 20.7. The van der Waals surface area contributed by atoms with E-state index in [0.29, 0.717) is 11.3 Å². The molecule has 186 valence electrons. The van der Waals surface area contributed by atoms with Crippen LogP contribution in [0.1, 0.15) is 49.6 Å². The van der Waals surface area contributed by atoms with E-state index in [0.717, 1.165) is 11.1 Å². The molecule has 1 aliphatic heterocycles. The first-order valence-corrected chi connectivity index (χ1v) is 12.1. The van der Waals surface area contributed by atoms with Gasteiger partial charge in [-0.3, -0.25) is 14.5 Å². The molecule has 2 N–H and O–H groups in total. The highest BCUT2D eigenvalue weighted by atomic mass is 16.6. The molecule has 3 atom stereocenters. The van der Waals surface area contributed by atoms with E-state index < -0.39 is 18.2 Å². The standard InChI is InChI=1S/C29H31N3O4/c1-19(2)27(33)31-24-16-14-23(15-17-24)26-25(28(34)30-20(3)22-12-8-5-9-13-22)32(29(35)36-26)18-21-10-6-4-7-11-21/h4-17,19-20,25-26H,18H2,1-3H3,(H,30,34)(H,31,33). The van der Waals surface area contributed by atoms with Gasteiger partial charge in [-0.2, -0.15) is 0 Å². The molecule has 0 spiro atoms. The average Bonchev–Trinajstić information content (AvgIpc) is 3.21. The molecule has 0 radical (unpaired) electrons. The van der Waals surface area contributed by atoms with Gasteiger partial charge in [0.25, 0.3) is 0 Å². The van der Waals surface area contributed by atoms with E-state index in [-0.39, 0.29) is 30.3 Å². The molecular formula is C29H31N3O4. The van der Waals surface area contributed by atoms with Gasteiger partial charge in [0.1, 0.15) is 0 Å². The first-order chi connectivity index (χ1) is 17.3. The summed E-state index contributed by atoms with van der Waals surface area (Å²) in [5, 5.41) is 5.91. The molecule has 7 nitrogen and oxygen atoms in total. The molecule has 3 aromatic carbocycles. The summed E-state index contributed by atoms with van der Waals surface area (Å²) < 4.78 is 5.75. The fourth-order valence-corrected chi connectivity index (χ4v) is 4.16. The summed E-state index contributed by atoms with van der Waals surface area (Å²) in [7, 11) is 0. The van der Waals surface area contributed by atoms with E-state index in [1.165, 1.54) is 4.90 Å². The lowest BCUT2D eigenvalue weighted by molar-refractivity contribution is -0.127.